The van der Waals surface area contributed by atoms with Crippen LogP contribution in [0.25, 0.3) is 10.9 Å². The van der Waals surface area contributed by atoms with Crippen LogP contribution in [0, 0.1) is 17.0 Å². The smallest absolute Gasteiger partial charge is 0.270 e. The first kappa shape index (κ1) is 13.2. The molecule has 0 saturated heterocycles. The van der Waals surface area contributed by atoms with Crippen LogP contribution in [-0.4, -0.2) is 15.0 Å². The van der Waals surface area contributed by atoms with E-state index in [1.165, 1.54) is 12.1 Å². The van der Waals surface area contributed by atoms with Gasteiger partial charge in [-0.2, -0.15) is 0 Å². The Bertz CT molecular complexity index is 675. The van der Waals surface area contributed by atoms with Crippen molar-refractivity contribution in [2.45, 2.75) is 26.4 Å². The van der Waals surface area contributed by atoms with Gasteiger partial charge in [0.15, 0.2) is 0 Å². The zero-order chi connectivity index (χ0) is 14.4. The first-order valence-electron chi connectivity index (χ1n) is 5.79. The fraction of sp³-hybridized carbons (Fsp3) is 0.308. The molecule has 1 aromatic carbocycles. The molecule has 2 aromatic rings. The maximum Gasteiger partial charge on any atom is 0.270 e. The summed E-state index contributed by atoms with van der Waals surface area (Å²) < 4.78 is 0. The number of nitrogens with two attached hydrogens (primary N) is 1. The lowest BCUT2D eigenvalue weighted by atomic mass is 9.97. The fourth-order valence-electron chi connectivity index (χ4n) is 2.01. The Kier molecular flexibility index (Phi) is 2.90. The minimum Gasteiger partial charge on any atom is -0.397 e. The van der Waals surface area contributed by atoms with E-state index in [2.05, 4.69) is 4.98 Å². The highest BCUT2D eigenvalue weighted by molar-refractivity contribution is 5.88. The SMILES string of the molecule is Cc1c(N)c(C(C)(C)O)nc2ccc([N+](=O)[O-])cc12. The molecular formula is C13H15N3O3. The number of fused-ring (bicyclic) bond motifs is 1. The maximum atomic E-state index is 10.8. The highest BCUT2D eigenvalue weighted by Gasteiger charge is 2.24. The number of aliphatic hydroxyl groups is 1. The number of benzene rings is 1. The average molecular weight is 261 g/mol. The summed E-state index contributed by atoms with van der Waals surface area (Å²) in [5.74, 6) is 0. The van der Waals surface area contributed by atoms with E-state index in [0.29, 0.717) is 27.8 Å². The van der Waals surface area contributed by atoms with Gasteiger partial charge in [-0.25, -0.2) is 4.98 Å². The van der Waals surface area contributed by atoms with Crippen molar-refractivity contribution >= 4 is 22.3 Å². The number of nitro benzene ring substituents is 1. The van der Waals surface area contributed by atoms with Crippen LogP contribution in [0.1, 0.15) is 25.1 Å². The normalized spacial score (nSPS) is 11.8. The van der Waals surface area contributed by atoms with Crippen molar-refractivity contribution in [1.82, 2.24) is 4.98 Å². The van der Waals surface area contributed by atoms with Crippen LogP contribution < -0.4 is 5.73 Å². The molecular weight excluding hydrogens is 246 g/mol. The third kappa shape index (κ3) is 2.22. The molecule has 0 aliphatic carbocycles. The van der Waals surface area contributed by atoms with Crippen LogP contribution in [0.15, 0.2) is 18.2 Å². The molecule has 3 N–H and O–H groups in total. The molecule has 2 rings (SSSR count). The van der Waals surface area contributed by atoms with Gasteiger partial charge in [0.1, 0.15) is 5.60 Å². The van der Waals surface area contributed by atoms with Crippen molar-refractivity contribution < 1.29 is 10.0 Å². The molecule has 0 unspecified atom stereocenters. The summed E-state index contributed by atoms with van der Waals surface area (Å²) >= 11 is 0. The molecule has 0 amide bonds. The number of non-ortho nitro benzene ring substituents is 1. The molecule has 1 aromatic heterocycles. The average Bonchev–Trinajstić information content (AvgIpc) is 2.31. The van der Waals surface area contributed by atoms with Crippen molar-refractivity contribution in [3.05, 3.63) is 39.6 Å². The second-order valence-electron chi connectivity index (χ2n) is 5.02. The van der Waals surface area contributed by atoms with E-state index in [-0.39, 0.29) is 5.69 Å². The second kappa shape index (κ2) is 4.17. The molecule has 0 atom stereocenters. The van der Waals surface area contributed by atoms with Crippen LogP contribution in [-0.2, 0) is 5.60 Å². The number of hydrogen-bond donors (Lipinski definition) is 2. The predicted octanol–water partition coefficient (Wildman–Crippen LogP) is 2.26. The quantitative estimate of drug-likeness (QED) is 0.637. The number of anilines is 1. The minimum absolute atomic E-state index is 0.00666. The van der Waals surface area contributed by atoms with Gasteiger partial charge in [-0.1, -0.05) is 0 Å². The molecule has 1 heterocycles. The highest BCUT2D eigenvalue weighted by Crippen LogP contribution is 2.32. The summed E-state index contributed by atoms with van der Waals surface area (Å²) in [6.07, 6.45) is 0. The van der Waals surface area contributed by atoms with E-state index in [9.17, 15) is 15.2 Å². The second-order valence-corrected chi connectivity index (χ2v) is 5.02. The third-order valence-corrected chi connectivity index (χ3v) is 3.07. The molecule has 0 bridgehead atoms. The number of nitro groups is 1. The minimum atomic E-state index is -1.16. The fourth-order valence-corrected chi connectivity index (χ4v) is 2.01. The molecule has 0 spiro atoms. The monoisotopic (exact) mass is 261 g/mol. The lowest BCUT2D eigenvalue weighted by Crippen LogP contribution is -2.20. The lowest BCUT2D eigenvalue weighted by molar-refractivity contribution is -0.384. The van der Waals surface area contributed by atoms with E-state index in [1.54, 1.807) is 26.8 Å². The van der Waals surface area contributed by atoms with Crippen LogP contribution >= 0.6 is 0 Å². The molecule has 0 radical (unpaired) electrons. The van der Waals surface area contributed by atoms with Gasteiger partial charge in [-0.15, -0.1) is 0 Å². The zero-order valence-corrected chi connectivity index (χ0v) is 11.0. The van der Waals surface area contributed by atoms with Crippen LogP contribution in [0.2, 0.25) is 0 Å². The van der Waals surface area contributed by atoms with E-state index in [4.69, 9.17) is 5.73 Å². The van der Waals surface area contributed by atoms with Crippen molar-refractivity contribution in [2.75, 3.05) is 5.73 Å². The topological polar surface area (TPSA) is 102 Å². The lowest BCUT2D eigenvalue weighted by Gasteiger charge is -2.21. The van der Waals surface area contributed by atoms with Crippen molar-refractivity contribution in [3.63, 3.8) is 0 Å². The number of rotatable bonds is 2. The van der Waals surface area contributed by atoms with Gasteiger partial charge >= 0.3 is 0 Å². The van der Waals surface area contributed by atoms with Gasteiger partial charge in [0.05, 0.1) is 21.8 Å². The summed E-state index contributed by atoms with van der Waals surface area (Å²) in [5, 5.41) is 21.5. The summed E-state index contributed by atoms with van der Waals surface area (Å²) in [6, 6.07) is 4.40. The standard InChI is InChI=1S/C13H15N3O3/c1-7-9-6-8(16(18)19)4-5-10(9)15-12(11(7)14)13(2,3)17/h4-6,17H,14H2,1-3H3. The molecule has 0 saturated carbocycles. The van der Waals surface area contributed by atoms with Crippen LogP contribution in [0.4, 0.5) is 11.4 Å². The maximum absolute atomic E-state index is 10.8. The molecule has 0 aliphatic heterocycles. The van der Waals surface area contributed by atoms with Gasteiger partial charge in [-0.3, -0.25) is 10.1 Å². The Morgan fingerprint density at radius 3 is 2.58 bits per heavy atom. The molecule has 6 heteroatoms. The number of aromatic nitrogens is 1. The Hall–Kier alpha value is -2.21. The molecule has 19 heavy (non-hydrogen) atoms. The Balaban J connectivity index is 2.80. The van der Waals surface area contributed by atoms with Gasteiger partial charge in [0.25, 0.3) is 5.69 Å². The van der Waals surface area contributed by atoms with Gasteiger partial charge < -0.3 is 10.8 Å². The molecule has 100 valence electrons. The van der Waals surface area contributed by atoms with E-state index >= 15 is 0 Å². The number of pyridine rings is 1. The molecule has 0 fully saturated rings. The number of hydrogen-bond acceptors (Lipinski definition) is 5. The summed E-state index contributed by atoms with van der Waals surface area (Å²) in [4.78, 5) is 14.6. The number of aryl methyl sites for hydroxylation is 1. The number of nitrogen functional groups attached to an aromatic ring is 1. The van der Waals surface area contributed by atoms with Crippen molar-refractivity contribution in [3.8, 4) is 0 Å². The highest BCUT2D eigenvalue weighted by atomic mass is 16.6. The first-order valence-corrected chi connectivity index (χ1v) is 5.79. The van der Waals surface area contributed by atoms with E-state index in [1.807, 2.05) is 0 Å². The number of nitrogens with zero attached hydrogens (tertiary/aromatic N) is 2. The zero-order valence-electron chi connectivity index (χ0n) is 11.0. The first-order chi connectivity index (χ1) is 8.71. The Labute approximate surface area is 110 Å². The summed E-state index contributed by atoms with van der Waals surface area (Å²) in [5.41, 5.74) is 6.81. The van der Waals surface area contributed by atoms with E-state index < -0.39 is 10.5 Å². The summed E-state index contributed by atoms with van der Waals surface area (Å²) in [7, 11) is 0. The predicted molar refractivity (Wildman–Crippen MR) is 72.8 cm³/mol. The molecule has 6 nitrogen and oxygen atoms in total. The van der Waals surface area contributed by atoms with Crippen molar-refractivity contribution in [2.24, 2.45) is 0 Å². The van der Waals surface area contributed by atoms with E-state index in [0.717, 1.165) is 0 Å². The van der Waals surface area contributed by atoms with Crippen LogP contribution in [0.3, 0.4) is 0 Å². The summed E-state index contributed by atoms with van der Waals surface area (Å²) in [6.45, 7) is 4.96. The van der Waals surface area contributed by atoms with Crippen molar-refractivity contribution in [1.29, 1.82) is 0 Å². The van der Waals surface area contributed by atoms with Gasteiger partial charge in [0.2, 0.25) is 0 Å². The molecule has 0 aliphatic rings. The Morgan fingerprint density at radius 1 is 1.42 bits per heavy atom. The largest absolute Gasteiger partial charge is 0.397 e. The Morgan fingerprint density at radius 2 is 2.05 bits per heavy atom. The van der Waals surface area contributed by atoms with Gasteiger partial charge in [-0.05, 0) is 32.4 Å². The van der Waals surface area contributed by atoms with Crippen LogP contribution in [0.5, 0.6) is 0 Å². The van der Waals surface area contributed by atoms with Gasteiger partial charge in [0, 0.05) is 17.5 Å². The third-order valence-electron chi connectivity index (χ3n) is 3.07.